The summed E-state index contributed by atoms with van der Waals surface area (Å²) in [5.41, 5.74) is 7.28. The highest BCUT2D eigenvalue weighted by Crippen LogP contribution is 2.49. The molecule has 3 aliphatic rings. The molecule has 1 atom stereocenters. The monoisotopic (exact) mass is 696 g/mol. The number of carbonyl (C=O) groups excluding carboxylic acids is 2. The van der Waals surface area contributed by atoms with Crippen molar-refractivity contribution < 1.29 is 23.8 Å². The van der Waals surface area contributed by atoms with Crippen molar-refractivity contribution in [2.45, 2.75) is 76.5 Å². The van der Waals surface area contributed by atoms with Gasteiger partial charge in [0, 0.05) is 52.7 Å². The van der Waals surface area contributed by atoms with E-state index in [4.69, 9.17) is 14.2 Å². The van der Waals surface area contributed by atoms with Gasteiger partial charge in [0.05, 0.1) is 6.61 Å². The van der Waals surface area contributed by atoms with E-state index in [-0.39, 0.29) is 12.7 Å². The molecule has 2 aliphatic heterocycles. The molecule has 1 aliphatic carbocycles. The first-order valence-corrected chi connectivity index (χ1v) is 20.9. The molecular weight excluding hydrogens is 645 g/mol. The van der Waals surface area contributed by atoms with Gasteiger partial charge in [0.1, 0.15) is 26.4 Å². The van der Waals surface area contributed by atoms with Gasteiger partial charge in [-0.05, 0) is 107 Å². The SMILES string of the molecule is CN(C)c1ccc2c(c1)[Si](C)(C)c1cc(N(C)C)ccc1C21OCc2cc(COC(=O)NCCCNC(=O)OC3CC/C=C/CCC3)ccc21. The lowest BCUT2D eigenvalue weighted by molar-refractivity contribution is 0.0276. The Morgan fingerprint density at radius 3 is 2.10 bits per heavy atom. The zero-order valence-electron chi connectivity index (χ0n) is 30.4. The standard InChI is InChI=1S/C40H52N4O5Si/c1-43(2)30-16-19-34-36(24-30)50(5,6)37-25-31(44(3)4)17-20-35(37)40(34)33-18-15-28(23-29(33)27-48-40)26-47-38(45)41-21-12-22-42-39(46)49-32-13-10-8-7-9-11-14-32/h7-8,15-20,23-25,32H,9-14,21-22,26-27H2,1-6H3,(H,41,45)(H,42,46)/b8-7+. The molecule has 2 heterocycles. The van der Waals surface area contributed by atoms with E-state index in [1.54, 1.807) is 0 Å². The fraction of sp³-hybridized carbons (Fsp3) is 0.450. The summed E-state index contributed by atoms with van der Waals surface area (Å²) >= 11 is 0. The average Bonchev–Trinajstić information content (AvgIpc) is 3.46. The highest BCUT2D eigenvalue weighted by molar-refractivity contribution is 7.01. The molecule has 0 bridgehead atoms. The number of fused-ring (bicyclic) bond motifs is 6. The number of allylic oxidation sites excluding steroid dienone is 2. The third-order valence-corrected chi connectivity index (χ3v) is 13.9. The topological polar surface area (TPSA) is 92.4 Å². The zero-order chi connectivity index (χ0) is 35.5. The Labute approximate surface area is 298 Å². The minimum atomic E-state index is -2.10. The van der Waals surface area contributed by atoms with Crippen LogP contribution >= 0.6 is 0 Å². The van der Waals surface area contributed by atoms with Gasteiger partial charge in [-0.1, -0.05) is 49.5 Å². The third-order valence-electron chi connectivity index (χ3n) is 10.4. The Hall–Kier alpha value is -4.28. The van der Waals surface area contributed by atoms with Gasteiger partial charge < -0.3 is 34.6 Å². The van der Waals surface area contributed by atoms with Crippen molar-refractivity contribution in [1.82, 2.24) is 10.6 Å². The molecule has 3 aromatic carbocycles. The number of carbonyl (C=O) groups is 2. The van der Waals surface area contributed by atoms with E-state index in [0.717, 1.165) is 48.8 Å². The highest BCUT2D eigenvalue weighted by atomic mass is 28.3. The number of anilines is 2. The molecule has 9 nitrogen and oxygen atoms in total. The number of hydrogen-bond donors (Lipinski definition) is 2. The van der Waals surface area contributed by atoms with Gasteiger partial charge in [0.2, 0.25) is 0 Å². The number of ether oxygens (including phenoxy) is 3. The minimum Gasteiger partial charge on any atom is -0.446 e. The van der Waals surface area contributed by atoms with Crippen LogP contribution in [-0.2, 0) is 33.0 Å². The van der Waals surface area contributed by atoms with Gasteiger partial charge in [0.25, 0.3) is 0 Å². The molecule has 2 N–H and O–H groups in total. The maximum atomic E-state index is 12.5. The number of rotatable bonds is 9. The third kappa shape index (κ3) is 7.14. The van der Waals surface area contributed by atoms with Crippen LogP contribution in [0.1, 0.15) is 66.3 Å². The van der Waals surface area contributed by atoms with E-state index in [9.17, 15) is 9.59 Å². The smallest absolute Gasteiger partial charge is 0.407 e. The molecule has 266 valence electrons. The molecule has 0 radical (unpaired) electrons. The van der Waals surface area contributed by atoms with Gasteiger partial charge in [-0.25, -0.2) is 9.59 Å². The van der Waals surface area contributed by atoms with E-state index in [0.29, 0.717) is 26.1 Å². The molecule has 50 heavy (non-hydrogen) atoms. The maximum absolute atomic E-state index is 12.5. The second kappa shape index (κ2) is 14.9. The predicted octanol–water partition coefficient (Wildman–Crippen LogP) is 6.01. The molecule has 10 heteroatoms. The Balaban J connectivity index is 1.10. The lowest BCUT2D eigenvalue weighted by Crippen LogP contribution is -2.63. The molecule has 2 amide bonds. The summed E-state index contributed by atoms with van der Waals surface area (Å²) in [5, 5.41) is 8.37. The van der Waals surface area contributed by atoms with Gasteiger partial charge in [-0.15, -0.1) is 0 Å². The summed E-state index contributed by atoms with van der Waals surface area (Å²) in [6, 6.07) is 20.0. The van der Waals surface area contributed by atoms with Crippen molar-refractivity contribution in [1.29, 1.82) is 0 Å². The van der Waals surface area contributed by atoms with Crippen molar-refractivity contribution in [3.63, 3.8) is 0 Å². The second-order valence-electron chi connectivity index (χ2n) is 14.6. The summed E-state index contributed by atoms with van der Waals surface area (Å²) in [6.07, 6.45) is 8.74. The summed E-state index contributed by atoms with van der Waals surface area (Å²) in [4.78, 5) is 29.1. The molecule has 0 aromatic heterocycles. The van der Waals surface area contributed by atoms with Crippen molar-refractivity contribution in [2.24, 2.45) is 0 Å². The van der Waals surface area contributed by atoms with Crippen molar-refractivity contribution in [3.05, 3.63) is 94.6 Å². The summed E-state index contributed by atoms with van der Waals surface area (Å²) in [6.45, 7) is 6.31. The minimum absolute atomic E-state index is 0.0416. The molecular formula is C40H52N4O5Si. The number of nitrogens with one attached hydrogen (secondary N) is 2. The summed E-state index contributed by atoms with van der Waals surface area (Å²) in [5.74, 6) is 0. The number of amides is 2. The van der Waals surface area contributed by atoms with Crippen LogP contribution in [0.4, 0.5) is 21.0 Å². The number of hydrogen-bond acceptors (Lipinski definition) is 7. The summed E-state index contributed by atoms with van der Waals surface area (Å²) in [7, 11) is 6.26. The van der Waals surface area contributed by atoms with E-state index in [1.807, 2.05) is 6.07 Å². The van der Waals surface area contributed by atoms with E-state index >= 15 is 0 Å². The average molecular weight is 697 g/mol. The Bertz CT molecular complexity index is 1690. The molecule has 1 unspecified atom stereocenters. The largest absolute Gasteiger partial charge is 0.446 e. The van der Waals surface area contributed by atoms with E-state index < -0.39 is 25.9 Å². The van der Waals surface area contributed by atoms with Crippen LogP contribution in [0.25, 0.3) is 0 Å². The lowest BCUT2D eigenvalue weighted by atomic mass is 9.79. The van der Waals surface area contributed by atoms with Crippen LogP contribution in [-0.4, -0.2) is 67.6 Å². The number of alkyl carbamates (subject to hydrolysis) is 2. The quantitative estimate of drug-likeness (QED) is 0.161. The molecule has 3 aromatic rings. The van der Waals surface area contributed by atoms with Gasteiger partial charge in [-0.2, -0.15) is 0 Å². The molecule has 0 saturated carbocycles. The van der Waals surface area contributed by atoms with Crippen molar-refractivity contribution in [3.8, 4) is 0 Å². The molecule has 0 saturated heterocycles. The van der Waals surface area contributed by atoms with Crippen LogP contribution < -0.4 is 30.8 Å². The van der Waals surface area contributed by atoms with Gasteiger partial charge in [0.15, 0.2) is 0 Å². The first kappa shape index (κ1) is 35.5. The fourth-order valence-electron chi connectivity index (χ4n) is 7.57. The number of benzene rings is 3. The normalized spacial score (nSPS) is 18.8. The fourth-order valence-corrected chi connectivity index (χ4v) is 10.7. The van der Waals surface area contributed by atoms with Crippen molar-refractivity contribution in [2.75, 3.05) is 51.1 Å². The highest BCUT2D eigenvalue weighted by Gasteiger charge is 2.53. The maximum Gasteiger partial charge on any atom is 0.407 e. The summed E-state index contributed by atoms with van der Waals surface area (Å²) < 4.78 is 18.1. The van der Waals surface area contributed by atoms with Gasteiger partial charge >= 0.3 is 12.2 Å². The second-order valence-corrected chi connectivity index (χ2v) is 19.0. The van der Waals surface area contributed by atoms with Crippen LogP contribution in [0.3, 0.4) is 0 Å². The van der Waals surface area contributed by atoms with Crippen LogP contribution in [0.5, 0.6) is 0 Å². The van der Waals surface area contributed by atoms with Crippen LogP contribution in [0, 0.1) is 0 Å². The molecule has 6 rings (SSSR count). The predicted molar refractivity (Wildman–Crippen MR) is 203 cm³/mol. The van der Waals surface area contributed by atoms with Crippen molar-refractivity contribution >= 4 is 42.0 Å². The first-order valence-electron chi connectivity index (χ1n) is 17.9. The Kier molecular flexibility index (Phi) is 10.6. The zero-order valence-corrected chi connectivity index (χ0v) is 31.4. The van der Waals surface area contributed by atoms with Gasteiger partial charge in [-0.3, -0.25) is 0 Å². The molecule has 1 spiro atoms. The Morgan fingerprint density at radius 2 is 1.44 bits per heavy atom. The first-order chi connectivity index (χ1) is 24.0. The van der Waals surface area contributed by atoms with Crippen LogP contribution in [0.2, 0.25) is 13.1 Å². The van der Waals surface area contributed by atoms with E-state index in [2.05, 4.69) is 122 Å². The Morgan fingerprint density at radius 1 is 0.820 bits per heavy atom. The van der Waals surface area contributed by atoms with Crippen LogP contribution in [0.15, 0.2) is 66.7 Å². The lowest BCUT2D eigenvalue weighted by Gasteiger charge is -2.45. The molecule has 0 fully saturated rings. The van der Waals surface area contributed by atoms with E-state index in [1.165, 1.54) is 32.9 Å². The number of nitrogens with zero attached hydrogens (tertiary/aromatic N) is 2.